The Morgan fingerprint density at radius 2 is 1.95 bits per heavy atom. The van der Waals surface area contributed by atoms with E-state index in [2.05, 4.69) is 15.5 Å². The first kappa shape index (κ1) is 14.5. The van der Waals surface area contributed by atoms with E-state index in [1.54, 1.807) is 24.4 Å². The van der Waals surface area contributed by atoms with E-state index in [4.69, 9.17) is 5.11 Å². The van der Waals surface area contributed by atoms with E-state index in [0.29, 0.717) is 5.69 Å². The van der Waals surface area contributed by atoms with Crippen LogP contribution in [0.2, 0.25) is 0 Å². The van der Waals surface area contributed by atoms with Crippen LogP contribution in [0.15, 0.2) is 47.7 Å². The minimum Gasteiger partial charge on any atom is -0.478 e. The Hall–Kier alpha value is -2.89. The zero-order chi connectivity index (χ0) is 15.4. The van der Waals surface area contributed by atoms with Gasteiger partial charge in [-0.2, -0.15) is 5.10 Å². The largest absolute Gasteiger partial charge is 0.478 e. The SMILES string of the molecule is CC(C(=O)O)=C(C)C(=O)Nc1cccc(-c2ccn[nH]2)c1. The Balaban J connectivity index is 2.21. The number of nitrogens with zero attached hydrogens (tertiary/aromatic N) is 1. The molecule has 0 bridgehead atoms. The predicted octanol–water partition coefficient (Wildman–Crippen LogP) is 2.44. The van der Waals surface area contributed by atoms with Crippen LogP contribution < -0.4 is 5.32 Å². The number of anilines is 1. The molecule has 6 heteroatoms. The molecular weight excluding hydrogens is 270 g/mol. The number of aliphatic carboxylic acids is 1. The summed E-state index contributed by atoms with van der Waals surface area (Å²) in [6.07, 6.45) is 1.64. The molecular formula is C15H15N3O3. The number of carboxylic acids is 1. The minimum atomic E-state index is -1.10. The standard InChI is InChI=1S/C15H15N3O3/c1-9(10(2)15(20)21)14(19)17-12-5-3-4-11(8-12)13-6-7-16-18-13/h3-8H,1-2H3,(H,16,18)(H,17,19)(H,20,21). The highest BCUT2D eigenvalue weighted by molar-refractivity contribution is 6.08. The summed E-state index contributed by atoms with van der Waals surface area (Å²) in [5.74, 6) is -1.54. The van der Waals surface area contributed by atoms with Gasteiger partial charge in [0.1, 0.15) is 0 Å². The predicted molar refractivity (Wildman–Crippen MR) is 78.7 cm³/mol. The van der Waals surface area contributed by atoms with Gasteiger partial charge in [-0.3, -0.25) is 9.89 Å². The fourth-order valence-electron chi connectivity index (χ4n) is 1.74. The van der Waals surface area contributed by atoms with Crippen LogP contribution in [0.3, 0.4) is 0 Å². The third-order valence-corrected chi connectivity index (χ3v) is 3.16. The van der Waals surface area contributed by atoms with Crippen molar-refractivity contribution >= 4 is 17.6 Å². The molecule has 6 nitrogen and oxygen atoms in total. The summed E-state index contributed by atoms with van der Waals surface area (Å²) < 4.78 is 0. The lowest BCUT2D eigenvalue weighted by molar-refractivity contribution is -0.133. The van der Waals surface area contributed by atoms with Crippen molar-refractivity contribution in [3.05, 3.63) is 47.7 Å². The monoisotopic (exact) mass is 285 g/mol. The molecule has 0 atom stereocenters. The molecule has 1 aromatic heterocycles. The van der Waals surface area contributed by atoms with Gasteiger partial charge in [-0.15, -0.1) is 0 Å². The van der Waals surface area contributed by atoms with Crippen LogP contribution in [0, 0.1) is 0 Å². The van der Waals surface area contributed by atoms with Gasteiger partial charge in [-0.1, -0.05) is 12.1 Å². The summed E-state index contributed by atoms with van der Waals surface area (Å²) >= 11 is 0. The molecule has 3 N–H and O–H groups in total. The molecule has 21 heavy (non-hydrogen) atoms. The molecule has 108 valence electrons. The molecule has 0 saturated carbocycles. The number of rotatable bonds is 4. The van der Waals surface area contributed by atoms with E-state index in [1.165, 1.54) is 13.8 Å². The number of aromatic amines is 1. The summed E-state index contributed by atoms with van der Waals surface area (Å²) in [6, 6.07) is 9.03. The number of nitrogens with one attached hydrogen (secondary N) is 2. The lowest BCUT2D eigenvalue weighted by Crippen LogP contribution is -2.16. The van der Waals surface area contributed by atoms with Crippen molar-refractivity contribution in [2.24, 2.45) is 0 Å². The van der Waals surface area contributed by atoms with Crippen molar-refractivity contribution in [2.45, 2.75) is 13.8 Å². The summed E-state index contributed by atoms with van der Waals surface area (Å²) in [4.78, 5) is 22.9. The van der Waals surface area contributed by atoms with Gasteiger partial charge in [0.15, 0.2) is 0 Å². The van der Waals surface area contributed by atoms with Crippen LogP contribution in [0.5, 0.6) is 0 Å². The fourth-order valence-corrected chi connectivity index (χ4v) is 1.74. The van der Waals surface area contributed by atoms with Gasteiger partial charge < -0.3 is 10.4 Å². The van der Waals surface area contributed by atoms with Crippen LogP contribution >= 0.6 is 0 Å². The average molecular weight is 285 g/mol. The zero-order valence-corrected chi connectivity index (χ0v) is 11.7. The fraction of sp³-hybridized carbons (Fsp3) is 0.133. The first-order chi connectivity index (χ1) is 9.99. The molecule has 0 radical (unpaired) electrons. The van der Waals surface area contributed by atoms with Gasteiger partial charge in [0.25, 0.3) is 5.91 Å². The summed E-state index contributed by atoms with van der Waals surface area (Å²) in [5, 5.41) is 18.3. The highest BCUT2D eigenvalue weighted by atomic mass is 16.4. The number of carbonyl (C=O) groups is 2. The Kier molecular flexibility index (Phi) is 4.18. The topological polar surface area (TPSA) is 95.1 Å². The Labute approximate surface area is 121 Å². The normalized spacial score (nSPS) is 11.7. The molecule has 2 aromatic rings. The molecule has 1 aromatic carbocycles. The first-order valence-electron chi connectivity index (χ1n) is 6.31. The second-order valence-corrected chi connectivity index (χ2v) is 4.56. The quantitative estimate of drug-likeness (QED) is 0.752. The van der Waals surface area contributed by atoms with Gasteiger partial charge in [0.05, 0.1) is 5.69 Å². The molecule has 0 spiro atoms. The maximum atomic E-state index is 12.0. The van der Waals surface area contributed by atoms with E-state index in [1.807, 2.05) is 12.1 Å². The van der Waals surface area contributed by atoms with Crippen molar-refractivity contribution in [3.63, 3.8) is 0 Å². The third-order valence-electron chi connectivity index (χ3n) is 3.16. The van der Waals surface area contributed by atoms with Gasteiger partial charge >= 0.3 is 5.97 Å². The molecule has 0 fully saturated rings. The molecule has 2 rings (SSSR count). The molecule has 0 saturated heterocycles. The summed E-state index contributed by atoms with van der Waals surface area (Å²) in [6.45, 7) is 2.88. The Morgan fingerprint density at radius 1 is 1.19 bits per heavy atom. The number of hydrogen-bond donors (Lipinski definition) is 3. The van der Waals surface area contributed by atoms with Crippen molar-refractivity contribution in [2.75, 3.05) is 5.32 Å². The van der Waals surface area contributed by atoms with Crippen LogP contribution in [0.4, 0.5) is 5.69 Å². The highest BCUT2D eigenvalue weighted by Gasteiger charge is 2.13. The maximum absolute atomic E-state index is 12.0. The number of benzene rings is 1. The smallest absolute Gasteiger partial charge is 0.331 e. The van der Waals surface area contributed by atoms with Gasteiger partial charge in [0.2, 0.25) is 0 Å². The lowest BCUT2D eigenvalue weighted by atomic mass is 10.1. The van der Waals surface area contributed by atoms with Gasteiger partial charge in [0, 0.05) is 28.6 Å². The van der Waals surface area contributed by atoms with Crippen LogP contribution in [-0.4, -0.2) is 27.2 Å². The summed E-state index contributed by atoms with van der Waals surface area (Å²) in [7, 11) is 0. The first-order valence-corrected chi connectivity index (χ1v) is 6.31. The van der Waals surface area contributed by atoms with Gasteiger partial charge in [-0.05, 0) is 32.0 Å². The average Bonchev–Trinajstić information content (AvgIpc) is 3.00. The van der Waals surface area contributed by atoms with Crippen molar-refractivity contribution in [1.29, 1.82) is 0 Å². The Morgan fingerprint density at radius 3 is 2.57 bits per heavy atom. The number of amides is 1. The number of carboxylic acid groups (broad SMARTS) is 1. The molecule has 1 amide bonds. The van der Waals surface area contributed by atoms with E-state index < -0.39 is 11.9 Å². The van der Waals surface area contributed by atoms with Gasteiger partial charge in [-0.25, -0.2) is 4.79 Å². The second-order valence-electron chi connectivity index (χ2n) is 4.56. The number of hydrogen-bond acceptors (Lipinski definition) is 3. The molecule has 1 heterocycles. The van der Waals surface area contributed by atoms with E-state index in [9.17, 15) is 9.59 Å². The lowest BCUT2D eigenvalue weighted by Gasteiger charge is -2.08. The summed E-state index contributed by atoms with van der Waals surface area (Å²) in [5.41, 5.74) is 2.50. The van der Waals surface area contributed by atoms with E-state index in [-0.39, 0.29) is 11.1 Å². The number of aromatic nitrogens is 2. The maximum Gasteiger partial charge on any atom is 0.331 e. The van der Waals surface area contributed by atoms with Crippen LogP contribution in [0.1, 0.15) is 13.8 Å². The Bertz CT molecular complexity index is 703. The molecule has 0 aliphatic rings. The molecule has 0 aliphatic heterocycles. The van der Waals surface area contributed by atoms with Crippen molar-refractivity contribution < 1.29 is 14.7 Å². The number of H-pyrrole nitrogens is 1. The second kappa shape index (κ2) is 6.04. The van der Waals surface area contributed by atoms with E-state index in [0.717, 1.165) is 11.3 Å². The third kappa shape index (κ3) is 3.36. The molecule has 0 unspecified atom stereocenters. The van der Waals surface area contributed by atoms with Crippen molar-refractivity contribution in [1.82, 2.24) is 10.2 Å². The van der Waals surface area contributed by atoms with E-state index >= 15 is 0 Å². The van der Waals surface area contributed by atoms with Crippen LogP contribution in [0.25, 0.3) is 11.3 Å². The van der Waals surface area contributed by atoms with Crippen molar-refractivity contribution in [3.8, 4) is 11.3 Å². The highest BCUT2D eigenvalue weighted by Crippen LogP contribution is 2.20. The zero-order valence-electron chi connectivity index (χ0n) is 11.7. The van der Waals surface area contributed by atoms with Crippen LogP contribution in [-0.2, 0) is 9.59 Å². The molecule has 0 aliphatic carbocycles. The minimum absolute atomic E-state index is 0.0252. The number of carbonyl (C=O) groups excluding carboxylic acids is 1.